The SMILES string of the molecule is CC/C=C/C/C=C/C/C=C/C/C=C/CCCCC(=O)O[C@H](COC(=O)CCCCCCCCCCC/C=C/CCCCCC)COP(=O)(O)OCC[N+](C)(C)C. The van der Waals surface area contributed by atoms with E-state index in [1.54, 1.807) is 0 Å². The normalized spacial score (nSPS) is 14.2. The molecule has 0 radical (unpaired) electrons. The van der Waals surface area contributed by atoms with Gasteiger partial charge in [0.2, 0.25) is 0 Å². The highest BCUT2D eigenvalue weighted by Crippen LogP contribution is 2.43. The Labute approximate surface area is 343 Å². The number of allylic oxidation sites excluding steroid dienone is 10. The number of quaternary nitrogens is 1. The standard InChI is InChI=1S/C46H82NO8P/c1-6-8-10-12-14-16-18-20-22-23-25-26-28-30-32-34-36-38-45(48)52-42-44(43-54-56(50,51)53-41-40-47(3,4)5)55-46(49)39-37-35-33-31-29-27-24-21-19-17-15-13-11-9-7-2/h9,11,15-18,21,24,29,31,44H,6-8,10,12-14,19-20,22-23,25-28,30,32-43H2,1-5H3/p+1/b11-9+,17-15+,18-16+,24-21+,31-29+/t44-/m1/s1. The van der Waals surface area contributed by atoms with Crippen LogP contribution in [0.5, 0.6) is 0 Å². The second-order valence-electron chi connectivity index (χ2n) is 15.7. The van der Waals surface area contributed by atoms with E-state index in [1.165, 1.54) is 77.0 Å². The average Bonchev–Trinajstić information content (AvgIpc) is 3.15. The van der Waals surface area contributed by atoms with Crippen LogP contribution in [-0.4, -0.2) is 74.9 Å². The molecule has 0 aromatic rings. The number of nitrogens with zero attached hydrogens (tertiary/aromatic N) is 1. The Bertz CT molecular complexity index is 1140. The molecule has 1 N–H and O–H groups in total. The van der Waals surface area contributed by atoms with Gasteiger partial charge in [0.25, 0.3) is 0 Å². The number of likely N-dealkylation sites (N-methyl/N-ethyl adjacent to an activating group) is 1. The zero-order valence-electron chi connectivity index (χ0n) is 36.3. The molecule has 324 valence electrons. The molecule has 0 aliphatic carbocycles. The summed E-state index contributed by atoms with van der Waals surface area (Å²) in [4.78, 5) is 35.3. The molecule has 9 nitrogen and oxygen atoms in total. The Kier molecular flexibility index (Phi) is 36.7. The summed E-state index contributed by atoms with van der Waals surface area (Å²) in [5.74, 6) is -0.853. The zero-order valence-corrected chi connectivity index (χ0v) is 37.2. The maximum Gasteiger partial charge on any atom is 0.472 e. The summed E-state index contributed by atoms with van der Waals surface area (Å²) in [5.41, 5.74) is 0. The largest absolute Gasteiger partial charge is 0.472 e. The number of carbonyl (C=O) groups excluding carboxylic acids is 2. The number of hydrogen-bond donors (Lipinski definition) is 1. The fourth-order valence-corrected chi connectivity index (χ4v) is 6.33. The van der Waals surface area contributed by atoms with E-state index in [0.717, 1.165) is 57.8 Å². The fourth-order valence-electron chi connectivity index (χ4n) is 5.59. The fraction of sp³-hybridized carbons (Fsp3) is 0.739. The first kappa shape index (κ1) is 53.7. The molecule has 0 saturated heterocycles. The summed E-state index contributed by atoms with van der Waals surface area (Å²) in [6, 6.07) is 0. The van der Waals surface area contributed by atoms with Crippen LogP contribution in [0.2, 0.25) is 0 Å². The lowest BCUT2D eigenvalue weighted by Gasteiger charge is -2.24. The lowest BCUT2D eigenvalue weighted by molar-refractivity contribution is -0.870. The van der Waals surface area contributed by atoms with Crippen molar-refractivity contribution in [3.05, 3.63) is 60.8 Å². The summed E-state index contributed by atoms with van der Waals surface area (Å²) in [7, 11) is 1.44. The molecule has 0 aromatic heterocycles. The van der Waals surface area contributed by atoms with Gasteiger partial charge < -0.3 is 18.9 Å². The summed E-state index contributed by atoms with van der Waals surface area (Å²) in [6.07, 6.45) is 45.6. The molecule has 0 amide bonds. The van der Waals surface area contributed by atoms with Gasteiger partial charge in [0.05, 0.1) is 27.7 Å². The second-order valence-corrected chi connectivity index (χ2v) is 17.1. The van der Waals surface area contributed by atoms with E-state index in [1.807, 2.05) is 21.1 Å². The molecule has 0 aliphatic rings. The maximum atomic E-state index is 12.7. The molecule has 10 heteroatoms. The van der Waals surface area contributed by atoms with Crippen LogP contribution < -0.4 is 0 Å². The topological polar surface area (TPSA) is 108 Å². The van der Waals surface area contributed by atoms with Gasteiger partial charge in [0.1, 0.15) is 19.8 Å². The molecule has 56 heavy (non-hydrogen) atoms. The second kappa shape index (κ2) is 38.2. The van der Waals surface area contributed by atoms with Crippen molar-refractivity contribution in [3.8, 4) is 0 Å². The molecule has 0 spiro atoms. The molecule has 2 atom stereocenters. The van der Waals surface area contributed by atoms with E-state index in [9.17, 15) is 19.0 Å². The molecule has 0 fully saturated rings. The van der Waals surface area contributed by atoms with Gasteiger partial charge >= 0.3 is 19.8 Å². The number of esters is 2. The van der Waals surface area contributed by atoms with E-state index in [2.05, 4.69) is 74.6 Å². The van der Waals surface area contributed by atoms with Crippen LogP contribution in [0.25, 0.3) is 0 Å². The van der Waals surface area contributed by atoms with Crippen LogP contribution >= 0.6 is 7.82 Å². The van der Waals surface area contributed by atoms with Crippen molar-refractivity contribution in [2.75, 3.05) is 47.5 Å². The van der Waals surface area contributed by atoms with Crippen LogP contribution in [0, 0.1) is 0 Å². The lowest BCUT2D eigenvalue weighted by Crippen LogP contribution is -2.37. The van der Waals surface area contributed by atoms with E-state index in [0.29, 0.717) is 17.4 Å². The van der Waals surface area contributed by atoms with Crippen LogP contribution in [0.1, 0.15) is 168 Å². The zero-order chi connectivity index (χ0) is 41.4. The third kappa shape index (κ3) is 41.3. The quantitative estimate of drug-likeness (QED) is 0.0215. The summed E-state index contributed by atoms with van der Waals surface area (Å²) < 4.78 is 34.2. The number of carbonyl (C=O) groups is 2. The Hall–Kier alpha value is -2.29. The Morgan fingerprint density at radius 2 is 1.02 bits per heavy atom. The first-order chi connectivity index (χ1) is 27.0. The predicted molar refractivity (Wildman–Crippen MR) is 233 cm³/mol. The van der Waals surface area contributed by atoms with Gasteiger partial charge in [-0.15, -0.1) is 0 Å². The third-order valence-corrected chi connectivity index (χ3v) is 10.0. The molecule has 0 rings (SSSR count). The van der Waals surface area contributed by atoms with Crippen molar-refractivity contribution in [1.82, 2.24) is 0 Å². The minimum Gasteiger partial charge on any atom is -0.462 e. The van der Waals surface area contributed by atoms with E-state index < -0.39 is 26.5 Å². The summed E-state index contributed by atoms with van der Waals surface area (Å²) in [5, 5.41) is 0. The third-order valence-electron chi connectivity index (χ3n) is 9.03. The lowest BCUT2D eigenvalue weighted by atomic mass is 10.1. The predicted octanol–water partition coefficient (Wildman–Crippen LogP) is 12.5. The average molecular weight is 809 g/mol. The van der Waals surface area contributed by atoms with Gasteiger partial charge in [-0.2, -0.15) is 0 Å². The van der Waals surface area contributed by atoms with Crippen molar-refractivity contribution in [2.24, 2.45) is 0 Å². The van der Waals surface area contributed by atoms with Gasteiger partial charge in [-0.05, 0) is 77.0 Å². The van der Waals surface area contributed by atoms with Gasteiger partial charge in [-0.1, -0.05) is 139 Å². The van der Waals surface area contributed by atoms with Crippen LogP contribution in [-0.2, 0) is 32.7 Å². The molecule has 0 bridgehead atoms. The highest BCUT2D eigenvalue weighted by molar-refractivity contribution is 7.47. The van der Waals surface area contributed by atoms with Crippen molar-refractivity contribution in [3.63, 3.8) is 0 Å². The van der Waals surface area contributed by atoms with E-state index >= 15 is 0 Å². The molecular formula is C46H83NO8P+. The number of phosphoric acid groups is 1. The monoisotopic (exact) mass is 809 g/mol. The molecule has 0 heterocycles. The van der Waals surface area contributed by atoms with Crippen LogP contribution in [0.4, 0.5) is 0 Å². The summed E-state index contributed by atoms with van der Waals surface area (Å²) >= 11 is 0. The van der Waals surface area contributed by atoms with Gasteiger partial charge in [-0.3, -0.25) is 18.6 Å². The summed E-state index contributed by atoms with van der Waals surface area (Å²) in [6.45, 7) is 4.23. The molecule has 0 aromatic carbocycles. The smallest absolute Gasteiger partial charge is 0.462 e. The maximum absolute atomic E-state index is 12.7. The number of ether oxygens (including phenoxy) is 2. The number of unbranched alkanes of at least 4 members (excludes halogenated alkanes) is 15. The highest BCUT2D eigenvalue weighted by Gasteiger charge is 2.27. The molecular weight excluding hydrogens is 725 g/mol. The van der Waals surface area contributed by atoms with E-state index in [4.69, 9.17) is 18.5 Å². The number of phosphoric ester groups is 1. The number of hydrogen-bond acceptors (Lipinski definition) is 7. The minimum atomic E-state index is -4.39. The first-order valence-electron chi connectivity index (χ1n) is 22.0. The van der Waals surface area contributed by atoms with Crippen LogP contribution in [0.3, 0.4) is 0 Å². The van der Waals surface area contributed by atoms with Gasteiger partial charge in [0, 0.05) is 12.8 Å². The molecule has 1 unspecified atom stereocenters. The number of rotatable bonds is 39. The van der Waals surface area contributed by atoms with Crippen molar-refractivity contribution in [1.29, 1.82) is 0 Å². The van der Waals surface area contributed by atoms with Gasteiger partial charge in [0.15, 0.2) is 6.10 Å². The van der Waals surface area contributed by atoms with Crippen molar-refractivity contribution in [2.45, 2.75) is 174 Å². The van der Waals surface area contributed by atoms with E-state index in [-0.39, 0.29) is 32.0 Å². The Morgan fingerprint density at radius 1 is 0.571 bits per heavy atom. The van der Waals surface area contributed by atoms with Crippen molar-refractivity contribution < 1.29 is 42.1 Å². The molecule has 0 aliphatic heterocycles. The van der Waals surface area contributed by atoms with Crippen molar-refractivity contribution >= 4 is 19.8 Å². The Balaban J connectivity index is 4.42. The molecule has 0 saturated carbocycles. The van der Waals surface area contributed by atoms with Crippen LogP contribution in [0.15, 0.2) is 60.8 Å². The minimum absolute atomic E-state index is 0.0210. The Morgan fingerprint density at radius 3 is 1.57 bits per heavy atom. The first-order valence-corrected chi connectivity index (χ1v) is 23.5. The van der Waals surface area contributed by atoms with Gasteiger partial charge in [-0.25, -0.2) is 4.57 Å². The highest BCUT2D eigenvalue weighted by atomic mass is 31.2.